The Morgan fingerprint density at radius 3 is 2.54 bits per heavy atom. The quantitative estimate of drug-likeness (QED) is 0.353. The molecule has 6 heteroatoms. The number of hydrogen-bond donors (Lipinski definition) is 1. The molecule has 4 aromatic rings. The Kier molecular flexibility index (Phi) is 5.23. The number of hydrogen-bond acceptors (Lipinski definition) is 3. The lowest BCUT2D eigenvalue weighted by atomic mass is 10.1. The van der Waals surface area contributed by atoms with Gasteiger partial charge in [-0.2, -0.15) is 4.99 Å². The molecule has 1 aromatic heterocycles. The first-order chi connectivity index (χ1) is 17.1. The van der Waals surface area contributed by atoms with Crippen LogP contribution in [0.1, 0.15) is 22.3 Å². The van der Waals surface area contributed by atoms with Gasteiger partial charge in [0.1, 0.15) is 5.84 Å². The Morgan fingerprint density at radius 2 is 1.71 bits per heavy atom. The van der Waals surface area contributed by atoms with Gasteiger partial charge in [-0.05, 0) is 35.8 Å². The first kappa shape index (κ1) is 21.4. The van der Waals surface area contributed by atoms with Gasteiger partial charge < -0.3 is 4.57 Å². The molecule has 0 spiro atoms. The van der Waals surface area contributed by atoms with Crippen molar-refractivity contribution in [3.63, 3.8) is 0 Å². The summed E-state index contributed by atoms with van der Waals surface area (Å²) in [6, 6.07) is 26.4. The van der Waals surface area contributed by atoms with Crippen molar-refractivity contribution in [1.29, 1.82) is 5.41 Å². The topological polar surface area (TPSA) is 61.5 Å². The van der Waals surface area contributed by atoms with E-state index in [0.717, 1.165) is 34.3 Å². The third-order valence-electron chi connectivity index (χ3n) is 6.41. The molecule has 5 nitrogen and oxygen atoms in total. The standard InChI is InChI=1S/C29H22N4OS/c1-19-9-5-6-12-21(19)16-32-17-22(23-13-7-8-14-25(23)32)15-24-27(30)33-26(20-10-3-2-4-11-20)18-35-29(33)31-28(24)34/h2-15,17-18,30H,16H2,1H3. The molecule has 0 saturated heterocycles. The number of nitrogens with zero attached hydrogens (tertiary/aromatic N) is 3. The number of fused-ring (bicyclic) bond motifs is 2. The molecule has 2 aliphatic heterocycles. The third-order valence-corrected chi connectivity index (χ3v) is 7.23. The van der Waals surface area contributed by atoms with E-state index in [4.69, 9.17) is 5.41 Å². The van der Waals surface area contributed by atoms with E-state index in [-0.39, 0.29) is 17.3 Å². The number of aromatic nitrogens is 1. The number of aryl methyl sites for hydroxylation is 1. The predicted octanol–water partition coefficient (Wildman–Crippen LogP) is 6.30. The number of aliphatic imine (C=N–C) groups is 1. The fourth-order valence-corrected chi connectivity index (χ4v) is 5.45. The first-order valence-corrected chi connectivity index (χ1v) is 12.3. The van der Waals surface area contributed by atoms with Gasteiger partial charge in [-0.15, -0.1) is 0 Å². The molecule has 0 fully saturated rings. The second kappa shape index (κ2) is 8.56. The largest absolute Gasteiger partial charge is 0.342 e. The minimum absolute atomic E-state index is 0.149. The average molecular weight is 475 g/mol. The molecule has 0 radical (unpaired) electrons. The number of carbonyl (C=O) groups is 1. The molecule has 1 N–H and O–H groups in total. The second-order valence-electron chi connectivity index (χ2n) is 8.58. The zero-order valence-corrected chi connectivity index (χ0v) is 19.9. The number of amidine groups is 2. The van der Waals surface area contributed by atoms with Crippen LogP contribution in [0.4, 0.5) is 0 Å². The van der Waals surface area contributed by atoms with Crippen LogP contribution in [-0.4, -0.2) is 26.4 Å². The normalized spacial score (nSPS) is 16.6. The molecule has 2 aliphatic rings. The van der Waals surface area contributed by atoms with Crippen LogP contribution >= 0.6 is 11.8 Å². The molecule has 0 unspecified atom stereocenters. The molecule has 1 amide bonds. The van der Waals surface area contributed by atoms with Gasteiger partial charge in [-0.3, -0.25) is 15.1 Å². The molecular formula is C29H22N4OS. The Balaban J connectivity index is 1.42. The average Bonchev–Trinajstić information content (AvgIpc) is 3.45. The molecule has 170 valence electrons. The zero-order valence-electron chi connectivity index (χ0n) is 19.1. The van der Waals surface area contributed by atoms with Gasteiger partial charge in [0.2, 0.25) is 0 Å². The van der Waals surface area contributed by atoms with Gasteiger partial charge in [0, 0.05) is 34.6 Å². The number of amides is 1. The van der Waals surface area contributed by atoms with Crippen molar-refractivity contribution < 1.29 is 4.79 Å². The summed E-state index contributed by atoms with van der Waals surface area (Å²) in [6.07, 6.45) is 3.88. The Bertz CT molecular complexity index is 1590. The third kappa shape index (κ3) is 3.72. The molecule has 3 aromatic carbocycles. The van der Waals surface area contributed by atoms with E-state index in [0.29, 0.717) is 5.17 Å². The number of nitrogens with one attached hydrogen (secondary N) is 1. The number of benzene rings is 3. The van der Waals surface area contributed by atoms with Crippen molar-refractivity contribution in [2.24, 2.45) is 4.99 Å². The van der Waals surface area contributed by atoms with E-state index in [9.17, 15) is 4.79 Å². The summed E-state index contributed by atoms with van der Waals surface area (Å²) in [5, 5.41) is 12.5. The van der Waals surface area contributed by atoms with Gasteiger partial charge in [-0.25, -0.2) is 0 Å². The summed E-state index contributed by atoms with van der Waals surface area (Å²) in [5.74, 6) is -0.233. The van der Waals surface area contributed by atoms with Gasteiger partial charge in [0.25, 0.3) is 5.91 Å². The van der Waals surface area contributed by atoms with Crippen molar-refractivity contribution in [2.45, 2.75) is 13.5 Å². The van der Waals surface area contributed by atoms with Crippen LogP contribution in [0, 0.1) is 12.3 Å². The van der Waals surface area contributed by atoms with Crippen molar-refractivity contribution in [3.05, 3.63) is 118 Å². The van der Waals surface area contributed by atoms with E-state index in [1.165, 1.54) is 22.9 Å². The maximum Gasteiger partial charge on any atom is 0.283 e. The summed E-state index contributed by atoms with van der Waals surface area (Å²) in [6.45, 7) is 2.85. The van der Waals surface area contributed by atoms with Gasteiger partial charge in [0.15, 0.2) is 5.17 Å². The van der Waals surface area contributed by atoms with E-state index in [1.807, 2.05) is 60.0 Å². The number of rotatable bonds is 4. The molecule has 35 heavy (non-hydrogen) atoms. The number of para-hydroxylation sites is 1. The zero-order chi connectivity index (χ0) is 23.9. The highest BCUT2D eigenvalue weighted by molar-refractivity contribution is 8.17. The van der Waals surface area contributed by atoms with Crippen LogP contribution in [0.5, 0.6) is 0 Å². The van der Waals surface area contributed by atoms with Crippen LogP contribution in [0.15, 0.2) is 101 Å². The molecule has 0 aliphatic carbocycles. The second-order valence-corrected chi connectivity index (χ2v) is 9.42. The van der Waals surface area contributed by atoms with Crippen LogP contribution in [-0.2, 0) is 11.3 Å². The van der Waals surface area contributed by atoms with E-state index in [1.54, 1.807) is 4.90 Å². The lowest BCUT2D eigenvalue weighted by Crippen LogP contribution is -2.37. The van der Waals surface area contributed by atoms with E-state index in [2.05, 4.69) is 53.0 Å². The van der Waals surface area contributed by atoms with Crippen molar-refractivity contribution in [3.8, 4) is 0 Å². The molecule has 0 bridgehead atoms. The summed E-state index contributed by atoms with van der Waals surface area (Å²) in [4.78, 5) is 19.1. The van der Waals surface area contributed by atoms with E-state index >= 15 is 0 Å². The smallest absolute Gasteiger partial charge is 0.283 e. The molecule has 0 atom stereocenters. The van der Waals surface area contributed by atoms with Gasteiger partial charge in [-0.1, -0.05) is 84.6 Å². The predicted molar refractivity (Wildman–Crippen MR) is 144 cm³/mol. The highest BCUT2D eigenvalue weighted by Gasteiger charge is 2.36. The lowest BCUT2D eigenvalue weighted by molar-refractivity contribution is -0.114. The fraction of sp³-hybridized carbons (Fsp3) is 0.0690. The summed E-state index contributed by atoms with van der Waals surface area (Å²) in [5.41, 5.74) is 6.61. The monoisotopic (exact) mass is 474 g/mol. The number of thioether (sulfide) groups is 1. The van der Waals surface area contributed by atoms with Crippen molar-refractivity contribution in [2.75, 3.05) is 0 Å². The van der Waals surface area contributed by atoms with Crippen LogP contribution in [0.2, 0.25) is 0 Å². The summed E-state index contributed by atoms with van der Waals surface area (Å²) < 4.78 is 2.21. The van der Waals surface area contributed by atoms with Crippen molar-refractivity contribution in [1.82, 2.24) is 9.47 Å². The molecule has 6 rings (SSSR count). The minimum atomic E-state index is -0.382. The molecule has 0 saturated carbocycles. The summed E-state index contributed by atoms with van der Waals surface area (Å²) >= 11 is 1.38. The van der Waals surface area contributed by atoms with Gasteiger partial charge >= 0.3 is 0 Å². The fourth-order valence-electron chi connectivity index (χ4n) is 4.56. The summed E-state index contributed by atoms with van der Waals surface area (Å²) in [7, 11) is 0. The maximum atomic E-state index is 13.0. The van der Waals surface area contributed by atoms with Crippen LogP contribution in [0.25, 0.3) is 22.7 Å². The SMILES string of the molecule is Cc1ccccc1Cn1cc(C=C2C(=N)N3C(c4ccccc4)=CSC3=NC2=O)c2ccccc21. The minimum Gasteiger partial charge on any atom is -0.342 e. The number of carbonyl (C=O) groups excluding carboxylic acids is 1. The Labute approximate surface area is 207 Å². The lowest BCUT2D eigenvalue weighted by Gasteiger charge is -2.26. The molecular weight excluding hydrogens is 452 g/mol. The first-order valence-electron chi connectivity index (χ1n) is 11.4. The van der Waals surface area contributed by atoms with Crippen LogP contribution in [0.3, 0.4) is 0 Å². The van der Waals surface area contributed by atoms with Crippen molar-refractivity contribution >= 4 is 51.3 Å². The molecule has 3 heterocycles. The van der Waals surface area contributed by atoms with Crippen LogP contribution < -0.4 is 0 Å². The highest BCUT2D eigenvalue weighted by atomic mass is 32.2. The highest BCUT2D eigenvalue weighted by Crippen LogP contribution is 2.37. The maximum absolute atomic E-state index is 13.0. The van der Waals surface area contributed by atoms with E-state index < -0.39 is 0 Å². The Hall–Kier alpha value is -4.16. The van der Waals surface area contributed by atoms with Gasteiger partial charge in [0.05, 0.1) is 11.3 Å². The Morgan fingerprint density at radius 1 is 0.971 bits per heavy atom.